The Labute approximate surface area is 195 Å². The van der Waals surface area contributed by atoms with E-state index in [0.29, 0.717) is 16.7 Å². The molecule has 3 aromatic carbocycles. The largest absolute Gasteiger partial charge is 0.507 e. The van der Waals surface area contributed by atoms with Gasteiger partial charge in [0, 0.05) is 11.3 Å². The molecule has 1 fully saturated rings. The lowest BCUT2D eigenvalue weighted by molar-refractivity contribution is -0.137. The van der Waals surface area contributed by atoms with Crippen LogP contribution in [0.3, 0.4) is 0 Å². The molecule has 0 spiro atoms. The summed E-state index contributed by atoms with van der Waals surface area (Å²) in [7, 11) is 0. The SMILES string of the molecule is Cc1cccc(C2/C(=C(\O)c3cc(C)ccc3C)C(=O)C(=O)N2c2ccc(C(F)(F)F)cc2)c1. The Morgan fingerprint density at radius 1 is 0.882 bits per heavy atom. The van der Waals surface area contributed by atoms with E-state index in [2.05, 4.69) is 0 Å². The van der Waals surface area contributed by atoms with Crippen molar-refractivity contribution in [3.8, 4) is 0 Å². The summed E-state index contributed by atoms with van der Waals surface area (Å²) in [6, 6.07) is 15.6. The molecule has 0 saturated carbocycles. The van der Waals surface area contributed by atoms with Gasteiger partial charge in [-0.15, -0.1) is 0 Å². The topological polar surface area (TPSA) is 57.6 Å². The number of benzene rings is 3. The van der Waals surface area contributed by atoms with Crippen LogP contribution in [0.2, 0.25) is 0 Å². The number of alkyl halides is 3. The molecule has 1 N–H and O–H groups in total. The minimum Gasteiger partial charge on any atom is -0.507 e. The first-order valence-corrected chi connectivity index (χ1v) is 10.6. The highest BCUT2D eigenvalue weighted by atomic mass is 19.4. The lowest BCUT2D eigenvalue weighted by Gasteiger charge is -2.26. The van der Waals surface area contributed by atoms with E-state index in [9.17, 15) is 27.9 Å². The third-order valence-electron chi connectivity index (χ3n) is 5.92. The Kier molecular flexibility index (Phi) is 5.81. The summed E-state index contributed by atoms with van der Waals surface area (Å²) < 4.78 is 39.2. The average Bonchev–Trinajstić information content (AvgIpc) is 3.05. The number of amides is 1. The molecule has 7 heteroatoms. The van der Waals surface area contributed by atoms with Crippen molar-refractivity contribution in [1.29, 1.82) is 0 Å². The molecule has 1 saturated heterocycles. The summed E-state index contributed by atoms with van der Waals surface area (Å²) in [5.74, 6) is -2.14. The van der Waals surface area contributed by atoms with E-state index in [0.717, 1.165) is 40.3 Å². The Hall–Kier alpha value is -3.87. The normalized spacial score (nSPS) is 17.9. The van der Waals surface area contributed by atoms with Crippen molar-refractivity contribution in [3.05, 3.63) is 106 Å². The fraction of sp³-hybridized carbons (Fsp3) is 0.185. The summed E-state index contributed by atoms with van der Waals surface area (Å²) in [6.45, 7) is 5.47. The lowest BCUT2D eigenvalue weighted by atomic mass is 9.92. The van der Waals surface area contributed by atoms with Crippen LogP contribution in [0.5, 0.6) is 0 Å². The molecule has 0 bridgehead atoms. The Balaban J connectivity index is 1.94. The number of hydrogen-bond donors (Lipinski definition) is 1. The highest BCUT2D eigenvalue weighted by Crippen LogP contribution is 2.43. The Bertz CT molecular complexity index is 1320. The molecular weight excluding hydrogens is 443 g/mol. The molecule has 1 heterocycles. The van der Waals surface area contributed by atoms with Crippen molar-refractivity contribution in [3.63, 3.8) is 0 Å². The van der Waals surface area contributed by atoms with E-state index in [1.807, 2.05) is 26.0 Å². The van der Waals surface area contributed by atoms with Crippen LogP contribution in [-0.2, 0) is 15.8 Å². The van der Waals surface area contributed by atoms with Gasteiger partial charge >= 0.3 is 6.18 Å². The number of rotatable bonds is 3. The quantitative estimate of drug-likeness (QED) is 0.282. The Morgan fingerprint density at radius 2 is 1.53 bits per heavy atom. The third-order valence-corrected chi connectivity index (χ3v) is 5.92. The van der Waals surface area contributed by atoms with Crippen molar-refractivity contribution in [2.75, 3.05) is 4.90 Å². The van der Waals surface area contributed by atoms with Crippen molar-refractivity contribution >= 4 is 23.1 Å². The van der Waals surface area contributed by atoms with Gasteiger partial charge in [0.25, 0.3) is 11.7 Å². The van der Waals surface area contributed by atoms with Gasteiger partial charge in [-0.3, -0.25) is 14.5 Å². The zero-order valence-electron chi connectivity index (χ0n) is 18.8. The predicted octanol–water partition coefficient (Wildman–Crippen LogP) is 6.26. The molecule has 0 aromatic heterocycles. The summed E-state index contributed by atoms with van der Waals surface area (Å²) in [5.41, 5.74) is 2.57. The van der Waals surface area contributed by atoms with E-state index in [1.54, 1.807) is 37.3 Å². The highest BCUT2D eigenvalue weighted by Gasteiger charge is 2.47. The number of hydrogen-bond acceptors (Lipinski definition) is 3. The maximum absolute atomic E-state index is 13.2. The zero-order valence-corrected chi connectivity index (χ0v) is 18.8. The van der Waals surface area contributed by atoms with Crippen LogP contribution in [0.1, 0.15) is 39.4 Å². The van der Waals surface area contributed by atoms with Crippen LogP contribution < -0.4 is 4.90 Å². The van der Waals surface area contributed by atoms with Gasteiger partial charge in [0.2, 0.25) is 0 Å². The van der Waals surface area contributed by atoms with Crippen LogP contribution in [0.4, 0.5) is 18.9 Å². The van der Waals surface area contributed by atoms with E-state index in [-0.39, 0.29) is 17.0 Å². The molecule has 4 rings (SSSR count). The monoisotopic (exact) mass is 465 g/mol. The molecule has 1 amide bonds. The second-order valence-electron chi connectivity index (χ2n) is 8.45. The summed E-state index contributed by atoms with van der Waals surface area (Å²) in [5, 5.41) is 11.3. The van der Waals surface area contributed by atoms with Crippen molar-refractivity contribution < 1.29 is 27.9 Å². The summed E-state index contributed by atoms with van der Waals surface area (Å²) in [6.07, 6.45) is -4.54. The molecule has 1 atom stereocenters. The number of aliphatic hydroxyl groups is 1. The maximum Gasteiger partial charge on any atom is 0.416 e. The van der Waals surface area contributed by atoms with Crippen LogP contribution in [0.25, 0.3) is 5.76 Å². The minimum absolute atomic E-state index is 0.107. The number of ketones is 1. The van der Waals surface area contributed by atoms with E-state index in [4.69, 9.17) is 0 Å². The number of Topliss-reactive ketones (excluding diaryl/α,β-unsaturated/α-hetero) is 1. The van der Waals surface area contributed by atoms with Gasteiger partial charge in [-0.05, 0) is 62.2 Å². The molecule has 174 valence electrons. The van der Waals surface area contributed by atoms with Gasteiger partial charge in [0.1, 0.15) is 5.76 Å². The number of halogens is 3. The standard InChI is InChI=1S/C27H22F3NO3/c1-15-5-4-6-18(13-15)23-22(24(32)21-14-16(2)7-8-17(21)3)25(33)26(34)31(23)20-11-9-19(10-12-20)27(28,29)30/h4-14,23,32H,1-3H3/b24-22+. The van der Waals surface area contributed by atoms with Gasteiger partial charge < -0.3 is 5.11 Å². The van der Waals surface area contributed by atoms with E-state index >= 15 is 0 Å². The van der Waals surface area contributed by atoms with Crippen LogP contribution >= 0.6 is 0 Å². The molecule has 1 aliphatic heterocycles. The number of carbonyl (C=O) groups excluding carboxylic acids is 2. The number of anilines is 1. The molecule has 34 heavy (non-hydrogen) atoms. The third kappa shape index (κ3) is 4.09. The summed E-state index contributed by atoms with van der Waals surface area (Å²) in [4.78, 5) is 27.5. The van der Waals surface area contributed by atoms with Gasteiger partial charge in [0.05, 0.1) is 17.2 Å². The fourth-order valence-corrected chi connectivity index (χ4v) is 4.20. The lowest BCUT2D eigenvalue weighted by Crippen LogP contribution is -2.29. The second kappa shape index (κ2) is 8.48. The molecule has 0 radical (unpaired) electrons. The van der Waals surface area contributed by atoms with Gasteiger partial charge in [0.15, 0.2) is 0 Å². The second-order valence-corrected chi connectivity index (χ2v) is 8.45. The zero-order chi connectivity index (χ0) is 24.8. The summed E-state index contributed by atoms with van der Waals surface area (Å²) >= 11 is 0. The Morgan fingerprint density at radius 3 is 2.15 bits per heavy atom. The van der Waals surface area contributed by atoms with E-state index < -0.39 is 29.5 Å². The van der Waals surface area contributed by atoms with Crippen molar-refractivity contribution in [2.24, 2.45) is 0 Å². The van der Waals surface area contributed by atoms with Crippen LogP contribution in [0.15, 0.2) is 72.3 Å². The fourth-order valence-electron chi connectivity index (χ4n) is 4.20. The number of aryl methyl sites for hydroxylation is 3. The maximum atomic E-state index is 13.2. The minimum atomic E-state index is -4.54. The first kappa shape index (κ1) is 23.3. The smallest absolute Gasteiger partial charge is 0.416 e. The molecular formula is C27H22F3NO3. The molecule has 1 unspecified atom stereocenters. The molecule has 3 aromatic rings. The molecule has 4 nitrogen and oxygen atoms in total. The first-order valence-electron chi connectivity index (χ1n) is 10.6. The van der Waals surface area contributed by atoms with Gasteiger partial charge in [-0.2, -0.15) is 13.2 Å². The van der Waals surface area contributed by atoms with Gasteiger partial charge in [-0.25, -0.2) is 0 Å². The first-order chi connectivity index (χ1) is 16.0. The van der Waals surface area contributed by atoms with Crippen molar-refractivity contribution in [2.45, 2.75) is 33.0 Å². The van der Waals surface area contributed by atoms with Gasteiger partial charge in [-0.1, -0.05) is 47.5 Å². The van der Waals surface area contributed by atoms with Crippen molar-refractivity contribution in [1.82, 2.24) is 0 Å². The number of nitrogens with zero attached hydrogens (tertiary/aromatic N) is 1. The average molecular weight is 465 g/mol. The van der Waals surface area contributed by atoms with E-state index in [1.165, 1.54) is 0 Å². The molecule has 0 aliphatic carbocycles. The highest BCUT2D eigenvalue weighted by molar-refractivity contribution is 6.51. The predicted molar refractivity (Wildman–Crippen MR) is 123 cm³/mol. The number of aliphatic hydroxyl groups excluding tert-OH is 1. The molecule has 1 aliphatic rings. The number of carbonyl (C=O) groups is 2. The van der Waals surface area contributed by atoms with Crippen LogP contribution in [0, 0.1) is 20.8 Å². The van der Waals surface area contributed by atoms with Crippen LogP contribution in [-0.4, -0.2) is 16.8 Å².